The Morgan fingerprint density at radius 3 is 2.63 bits per heavy atom. The van der Waals surface area contributed by atoms with Gasteiger partial charge < -0.3 is 9.84 Å². The smallest absolute Gasteiger partial charge is 0.338 e. The third kappa shape index (κ3) is 3.99. The van der Waals surface area contributed by atoms with E-state index in [0.29, 0.717) is 0 Å². The van der Waals surface area contributed by atoms with Gasteiger partial charge in [-0.2, -0.15) is 0 Å². The first-order chi connectivity index (χ1) is 8.79. The number of benzene rings is 1. The largest absolute Gasteiger partial charge is 0.478 e. The molecule has 0 saturated carbocycles. The maximum atomic E-state index is 13.9. The van der Waals surface area contributed by atoms with Crippen molar-refractivity contribution in [1.29, 1.82) is 0 Å². The van der Waals surface area contributed by atoms with E-state index in [0.717, 1.165) is 12.1 Å². The molecule has 0 amide bonds. The molecule has 1 N–H and O–H groups in total. The minimum atomic E-state index is -3.89. The van der Waals surface area contributed by atoms with Crippen molar-refractivity contribution in [2.24, 2.45) is 0 Å². The number of hydrogen-bond donors (Lipinski definition) is 1. The van der Waals surface area contributed by atoms with Crippen LogP contribution in [-0.4, -0.2) is 39.0 Å². The first-order valence-electron chi connectivity index (χ1n) is 5.23. The second-order valence-electron chi connectivity index (χ2n) is 3.74. The summed E-state index contributed by atoms with van der Waals surface area (Å²) >= 11 is 2.97. The molecular weight excluding hydrogens is 343 g/mol. The van der Waals surface area contributed by atoms with E-state index in [2.05, 4.69) is 15.9 Å². The Morgan fingerprint density at radius 1 is 1.47 bits per heavy atom. The average molecular weight is 355 g/mol. The van der Waals surface area contributed by atoms with Gasteiger partial charge in [-0.3, -0.25) is 0 Å². The zero-order valence-corrected chi connectivity index (χ0v) is 12.4. The Hall–Kier alpha value is -0.990. The quantitative estimate of drug-likeness (QED) is 0.791. The predicted octanol–water partition coefficient (Wildman–Crippen LogP) is 2.10. The van der Waals surface area contributed by atoms with Crippen molar-refractivity contribution in [3.8, 4) is 0 Å². The fourth-order valence-corrected chi connectivity index (χ4v) is 3.47. The Bertz CT molecular complexity index is 585. The molecule has 0 aliphatic heterocycles. The van der Waals surface area contributed by atoms with Crippen LogP contribution in [0.15, 0.2) is 21.5 Å². The molecule has 1 aromatic carbocycles. The summed E-state index contributed by atoms with van der Waals surface area (Å²) in [6, 6.07) is 2.08. The van der Waals surface area contributed by atoms with Crippen LogP contribution >= 0.6 is 15.9 Å². The second-order valence-corrected chi connectivity index (χ2v) is 6.73. The van der Waals surface area contributed by atoms with Crippen LogP contribution in [0.25, 0.3) is 0 Å². The number of sulfone groups is 1. The van der Waals surface area contributed by atoms with Crippen LogP contribution < -0.4 is 0 Å². The van der Waals surface area contributed by atoms with Crippen LogP contribution in [-0.2, 0) is 14.6 Å². The van der Waals surface area contributed by atoms with Crippen LogP contribution in [0.4, 0.5) is 4.39 Å². The van der Waals surface area contributed by atoms with Crippen LogP contribution in [0, 0.1) is 5.82 Å². The van der Waals surface area contributed by atoms with E-state index < -0.39 is 32.1 Å². The lowest BCUT2D eigenvalue weighted by Crippen LogP contribution is -2.13. The maximum Gasteiger partial charge on any atom is 0.338 e. The lowest BCUT2D eigenvalue weighted by atomic mass is 10.2. The highest BCUT2D eigenvalue weighted by Crippen LogP contribution is 2.25. The van der Waals surface area contributed by atoms with Gasteiger partial charge in [0.15, 0.2) is 15.7 Å². The molecule has 1 aromatic rings. The van der Waals surface area contributed by atoms with Crippen LogP contribution in [0.5, 0.6) is 0 Å². The van der Waals surface area contributed by atoms with Gasteiger partial charge in [-0.25, -0.2) is 17.6 Å². The van der Waals surface area contributed by atoms with E-state index in [1.165, 1.54) is 7.11 Å². The highest BCUT2D eigenvalue weighted by Gasteiger charge is 2.24. The molecule has 0 saturated heterocycles. The Labute approximate surface area is 118 Å². The topological polar surface area (TPSA) is 80.7 Å². The highest BCUT2D eigenvalue weighted by atomic mass is 79.9. The van der Waals surface area contributed by atoms with E-state index in [4.69, 9.17) is 9.84 Å². The van der Waals surface area contributed by atoms with Crippen molar-refractivity contribution >= 4 is 31.7 Å². The molecule has 0 radical (unpaired) electrons. The molecule has 0 aliphatic carbocycles. The van der Waals surface area contributed by atoms with Crippen LogP contribution in [0.1, 0.15) is 16.8 Å². The van der Waals surface area contributed by atoms with Gasteiger partial charge in [0.1, 0.15) is 4.90 Å². The molecule has 0 aliphatic rings. The maximum absolute atomic E-state index is 13.9. The van der Waals surface area contributed by atoms with Gasteiger partial charge in [-0.15, -0.1) is 0 Å². The summed E-state index contributed by atoms with van der Waals surface area (Å²) in [6.07, 6.45) is 0.202. The molecule has 0 unspecified atom stereocenters. The zero-order valence-electron chi connectivity index (χ0n) is 10.0. The molecule has 0 aromatic heterocycles. The van der Waals surface area contributed by atoms with Gasteiger partial charge >= 0.3 is 5.97 Å². The minimum Gasteiger partial charge on any atom is -0.478 e. The predicted molar refractivity (Wildman–Crippen MR) is 69.6 cm³/mol. The lowest BCUT2D eigenvalue weighted by Gasteiger charge is -2.08. The molecule has 1 rings (SSSR count). The average Bonchev–Trinajstić information content (AvgIpc) is 2.31. The van der Waals surface area contributed by atoms with Crippen molar-refractivity contribution in [2.75, 3.05) is 19.5 Å². The Balaban J connectivity index is 3.23. The van der Waals surface area contributed by atoms with Gasteiger partial charge in [0.2, 0.25) is 0 Å². The second kappa shape index (κ2) is 6.44. The standard InChI is InChI=1S/C11H12BrFO5S/c1-18-3-2-4-19(16,17)9-6-7(12)5-8(10(9)13)11(14)15/h5-6H,2-4H2,1H3,(H,14,15). The van der Waals surface area contributed by atoms with Crippen LogP contribution in [0.2, 0.25) is 0 Å². The van der Waals surface area contributed by atoms with Gasteiger partial charge in [-0.05, 0) is 18.6 Å². The van der Waals surface area contributed by atoms with Crippen molar-refractivity contribution in [1.82, 2.24) is 0 Å². The van der Waals surface area contributed by atoms with Gasteiger partial charge in [0.25, 0.3) is 0 Å². The van der Waals surface area contributed by atoms with E-state index in [1.807, 2.05) is 0 Å². The SMILES string of the molecule is COCCCS(=O)(=O)c1cc(Br)cc(C(=O)O)c1F. The molecule has 19 heavy (non-hydrogen) atoms. The van der Waals surface area contributed by atoms with E-state index in [9.17, 15) is 17.6 Å². The fraction of sp³-hybridized carbons (Fsp3) is 0.364. The molecule has 0 fully saturated rings. The summed E-state index contributed by atoms with van der Waals surface area (Å²) in [5.41, 5.74) is -0.681. The number of halogens is 2. The normalized spacial score (nSPS) is 11.5. The number of rotatable bonds is 6. The molecular formula is C11H12BrFO5S. The Morgan fingerprint density at radius 2 is 2.11 bits per heavy atom. The van der Waals surface area contributed by atoms with Crippen molar-refractivity contribution in [3.05, 3.63) is 28.0 Å². The summed E-state index contributed by atoms with van der Waals surface area (Å²) in [7, 11) is -2.46. The number of carboxylic acids is 1. The van der Waals surface area contributed by atoms with Gasteiger partial charge in [0, 0.05) is 18.2 Å². The molecule has 5 nitrogen and oxygen atoms in total. The molecule has 8 heteroatoms. The number of hydrogen-bond acceptors (Lipinski definition) is 4. The lowest BCUT2D eigenvalue weighted by molar-refractivity contribution is 0.0691. The monoisotopic (exact) mass is 354 g/mol. The number of carboxylic acid groups (broad SMARTS) is 1. The van der Waals surface area contributed by atoms with Gasteiger partial charge in [0.05, 0.1) is 11.3 Å². The third-order valence-corrected chi connectivity index (χ3v) is 4.58. The Kier molecular flexibility index (Phi) is 5.45. The van der Waals surface area contributed by atoms with Crippen molar-refractivity contribution in [2.45, 2.75) is 11.3 Å². The molecule has 0 atom stereocenters. The fourth-order valence-electron chi connectivity index (χ4n) is 1.45. The summed E-state index contributed by atoms with van der Waals surface area (Å²) in [4.78, 5) is 10.2. The summed E-state index contributed by atoms with van der Waals surface area (Å²) < 4.78 is 42.7. The van der Waals surface area contributed by atoms with Gasteiger partial charge in [-0.1, -0.05) is 15.9 Å². The van der Waals surface area contributed by atoms with Crippen molar-refractivity contribution < 1.29 is 27.4 Å². The van der Waals surface area contributed by atoms with E-state index in [1.54, 1.807) is 0 Å². The molecule has 0 spiro atoms. The van der Waals surface area contributed by atoms with Crippen LogP contribution in [0.3, 0.4) is 0 Å². The number of methoxy groups -OCH3 is 1. The minimum absolute atomic E-state index is 0.191. The summed E-state index contributed by atoms with van der Waals surface area (Å²) in [6.45, 7) is 0.223. The molecule has 0 heterocycles. The third-order valence-electron chi connectivity index (χ3n) is 2.33. The number of carbonyl (C=O) groups is 1. The summed E-state index contributed by atoms with van der Waals surface area (Å²) in [5, 5.41) is 8.82. The first kappa shape index (κ1) is 16.1. The summed E-state index contributed by atoms with van der Waals surface area (Å²) in [5.74, 6) is -3.08. The highest BCUT2D eigenvalue weighted by molar-refractivity contribution is 9.10. The number of ether oxygens (including phenoxy) is 1. The van der Waals surface area contributed by atoms with Crippen molar-refractivity contribution in [3.63, 3.8) is 0 Å². The van der Waals surface area contributed by atoms with E-state index in [-0.39, 0.29) is 23.3 Å². The first-order valence-corrected chi connectivity index (χ1v) is 7.68. The molecule has 0 bridgehead atoms. The zero-order chi connectivity index (χ0) is 14.6. The molecule has 106 valence electrons. The number of aromatic carboxylic acids is 1. The van der Waals surface area contributed by atoms with E-state index >= 15 is 0 Å².